The van der Waals surface area contributed by atoms with Gasteiger partial charge in [-0.1, -0.05) is 12.1 Å². The first-order valence-corrected chi connectivity index (χ1v) is 6.30. The average molecular weight is 266 g/mol. The van der Waals surface area contributed by atoms with Crippen molar-refractivity contribution in [3.63, 3.8) is 0 Å². The van der Waals surface area contributed by atoms with Gasteiger partial charge in [-0.3, -0.25) is 9.78 Å². The highest BCUT2D eigenvalue weighted by Gasteiger charge is 2.06. The molecule has 0 bridgehead atoms. The number of nitrogens with zero attached hydrogens (tertiary/aromatic N) is 4. The second-order valence-electron chi connectivity index (χ2n) is 4.13. The van der Waals surface area contributed by atoms with Crippen molar-refractivity contribution in [2.24, 2.45) is 0 Å². The zero-order valence-corrected chi connectivity index (χ0v) is 11.2. The molecule has 0 fully saturated rings. The maximum atomic E-state index is 11.8. The molecular weight excluding hydrogens is 252 g/mol. The van der Waals surface area contributed by atoms with Crippen molar-refractivity contribution >= 4 is 23.0 Å². The van der Waals surface area contributed by atoms with Gasteiger partial charge in [0.15, 0.2) is 0 Å². The molecule has 0 spiro atoms. The van der Waals surface area contributed by atoms with Gasteiger partial charge in [0.2, 0.25) is 5.91 Å². The van der Waals surface area contributed by atoms with Gasteiger partial charge in [0.1, 0.15) is 6.54 Å². The van der Waals surface area contributed by atoms with Crippen molar-refractivity contribution < 1.29 is 4.79 Å². The maximum Gasteiger partial charge on any atom is 0.247 e. The highest BCUT2D eigenvalue weighted by Crippen LogP contribution is 2.09. The lowest BCUT2D eigenvalue weighted by Crippen LogP contribution is -2.29. The molecule has 5 heteroatoms. The number of para-hydroxylation sites is 2. The molecule has 0 N–H and O–H groups in total. The Morgan fingerprint density at radius 3 is 2.85 bits per heavy atom. The fourth-order valence-corrected chi connectivity index (χ4v) is 1.74. The minimum absolute atomic E-state index is 0.0864. The lowest BCUT2D eigenvalue weighted by Gasteiger charge is -2.14. The van der Waals surface area contributed by atoms with Gasteiger partial charge < -0.3 is 4.90 Å². The quantitative estimate of drug-likeness (QED) is 0.627. The Labute approximate surface area is 117 Å². The summed E-state index contributed by atoms with van der Waals surface area (Å²) in [5.74, 6) is -0.205. The number of carbonyl (C=O) groups is 1. The minimum atomic E-state index is -0.205. The molecule has 5 nitrogen and oxygen atoms in total. The highest BCUT2D eigenvalue weighted by molar-refractivity contribution is 5.91. The van der Waals surface area contributed by atoms with Crippen LogP contribution >= 0.6 is 0 Å². The molecule has 1 aromatic carbocycles. The zero-order chi connectivity index (χ0) is 14.4. The summed E-state index contributed by atoms with van der Waals surface area (Å²) in [6, 6.07) is 9.51. The first-order valence-electron chi connectivity index (χ1n) is 6.30. The number of carbonyl (C=O) groups excluding carboxylic acids is 1. The van der Waals surface area contributed by atoms with E-state index in [-0.39, 0.29) is 12.5 Å². The van der Waals surface area contributed by atoms with Gasteiger partial charge in [0.05, 0.1) is 29.0 Å². The largest absolute Gasteiger partial charge is 0.326 e. The third-order valence-corrected chi connectivity index (χ3v) is 2.82. The molecule has 1 amide bonds. The lowest BCUT2D eigenvalue weighted by molar-refractivity contribution is -0.125. The topological polar surface area (TPSA) is 69.9 Å². The van der Waals surface area contributed by atoms with E-state index in [4.69, 9.17) is 5.26 Å². The van der Waals surface area contributed by atoms with Crippen LogP contribution in [0.15, 0.2) is 36.5 Å². The van der Waals surface area contributed by atoms with Crippen LogP contribution in [0.4, 0.5) is 0 Å². The van der Waals surface area contributed by atoms with Crippen molar-refractivity contribution in [1.29, 1.82) is 5.26 Å². The Hall–Kier alpha value is -2.74. The van der Waals surface area contributed by atoms with E-state index in [1.165, 1.54) is 11.0 Å². The van der Waals surface area contributed by atoms with Crippen LogP contribution in [0.1, 0.15) is 12.6 Å². The van der Waals surface area contributed by atoms with Gasteiger partial charge in [0.25, 0.3) is 0 Å². The molecule has 0 unspecified atom stereocenters. The van der Waals surface area contributed by atoms with Crippen molar-refractivity contribution in [3.05, 3.63) is 42.2 Å². The molecule has 0 saturated heterocycles. The molecular formula is C15H14N4O. The summed E-state index contributed by atoms with van der Waals surface area (Å²) in [6.45, 7) is 2.42. The van der Waals surface area contributed by atoms with Gasteiger partial charge in [-0.05, 0) is 25.1 Å². The van der Waals surface area contributed by atoms with E-state index in [0.717, 1.165) is 11.0 Å². The number of hydrogen-bond acceptors (Lipinski definition) is 4. The smallest absolute Gasteiger partial charge is 0.247 e. The van der Waals surface area contributed by atoms with Crippen molar-refractivity contribution in [3.8, 4) is 6.07 Å². The normalized spacial score (nSPS) is 10.6. The third kappa shape index (κ3) is 3.18. The van der Waals surface area contributed by atoms with E-state index in [1.54, 1.807) is 12.3 Å². The number of hydrogen-bond donors (Lipinski definition) is 0. The number of fused-ring (bicyclic) bond motifs is 1. The first kappa shape index (κ1) is 13.7. The van der Waals surface area contributed by atoms with Crippen LogP contribution in [0.5, 0.6) is 0 Å². The lowest BCUT2D eigenvalue weighted by atomic mass is 10.3. The average Bonchev–Trinajstić information content (AvgIpc) is 2.50. The Kier molecular flexibility index (Phi) is 4.40. The predicted molar refractivity (Wildman–Crippen MR) is 76.4 cm³/mol. The van der Waals surface area contributed by atoms with Gasteiger partial charge >= 0.3 is 0 Å². The second kappa shape index (κ2) is 6.43. The van der Waals surface area contributed by atoms with Crippen molar-refractivity contribution in [2.75, 3.05) is 13.1 Å². The standard InChI is InChI=1S/C15H14N4O/c1-2-19(10-9-16)15(20)8-7-12-11-17-13-5-3-4-6-14(13)18-12/h3-8,11H,2,10H2,1H3/b8-7+. The molecule has 0 aliphatic carbocycles. The molecule has 0 atom stereocenters. The zero-order valence-electron chi connectivity index (χ0n) is 11.2. The van der Waals surface area contributed by atoms with Gasteiger partial charge in [-0.25, -0.2) is 4.98 Å². The summed E-state index contributed by atoms with van der Waals surface area (Å²) in [6.07, 6.45) is 4.65. The molecule has 1 heterocycles. The van der Waals surface area contributed by atoms with E-state index in [1.807, 2.05) is 37.3 Å². The molecule has 20 heavy (non-hydrogen) atoms. The Balaban J connectivity index is 2.17. The fraction of sp³-hybridized carbons (Fsp3) is 0.200. The van der Waals surface area contributed by atoms with Crippen LogP contribution in [0.25, 0.3) is 17.1 Å². The van der Waals surface area contributed by atoms with Crippen LogP contribution in [-0.2, 0) is 4.79 Å². The van der Waals surface area contributed by atoms with Gasteiger partial charge in [-0.15, -0.1) is 0 Å². The molecule has 0 saturated carbocycles. The van der Waals surface area contributed by atoms with Gasteiger partial charge in [0, 0.05) is 12.6 Å². The molecule has 2 rings (SSSR count). The van der Waals surface area contributed by atoms with E-state index < -0.39 is 0 Å². The van der Waals surface area contributed by atoms with Gasteiger partial charge in [-0.2, -0.15) is 5.26 Å². The Morgan fingerprint density at radius 1 is 1.40 bits per heavy atom. The van der Waals surface area contributed by atoms with Crippen LogP contribution < -0.4 is 0 Å². The summed E-state index contributed by atoms with van der Waals surface area (Å²) in [4.78, 5) is 22.0. The van der Waals surface area contributed by atoms with E-state index in [9.17, 15) is 4.79 Å². The van der Waals surface area contributed by atoms with Crippen LogP contribution in [0.2, 0.25) is 0 Å². The van der Waals surface area contributed by atoms with Crippen LogP contribution in [-0.4, -0.2) is 33.9 Å². The Bertz CT molecular complexity index is 688. The molecule has 0 aliphatic rings. The molecule has 2 aromatic rings. The summed E-state index contributed by atoms with van der Waals surface area (Å²) in [7, 11) is 0. The summed E-state index contributed by atoms with van der Waals surface area (Å²) >= 11 is 0. The Morgan fingerprint density at radius 2 is 2.15 bits per heavy atom. The summed E-state index contributed by atoms with van der Waals surface area (Å²) in [5.41, 5.74) is 2.21. The monoisotopic (exact) mass is 266 g/mol. The first-order chi connectivity index (χ1) is 9.74. The third-order valence-electron chi connectivity index (χ3n) is 2.82. The van der Waals surface area contributed by atoms with Crippen molar-refractivity contribution in [2.45, 2.75) is 6.92 Å². The number of amides is 1. The predicted octanol–water partition coefficient (Wildman–Crippen LogP) is 2.02. The molecule has 0 radical (unpaired) electrons. The second-order valence-corrected chi connectivity index (χ2v) is 4.13. The van der Waals surface area contributed by atoms with Crippen LogP contribution in [0, 0.1) is 11.3 Å². The molecule has 0 aliphatic heterocycles. The van der Waals surface area contributed by atoms with E-state index in [0.29, 0.717) is 12.2 Å². The number of aromatic nitrogens is 2. The number of likely N-dealkylation sites (N-methyl/N-ethyl adjacent to an activating group) is 1. The molecule has 1 aromatic heterocycles. The maximum absolute atomic E-state index is 11.8. The minimum Gasteiger partial charge on any atom is -0.326 e. The summed E-state index contributed by atoms with van der Waals surface area (Å²) < 4.78 is 0. The fourth-order valence-electron chi connectivity index (χ4n) is 1.74. The molecule has 100 valence electrons. The van der Waals surface area contributed by atoms with E-state index in [2.05, 4.69) is 9.97 Å². The van der Waals surface area contributed by atoms with Crippen molar-refractivity contribution in [1.82, 2.24) is 14.9 Å². The number of rotatable bonds is 4. The summed E-state index contributed by atoms with van der Waals surface area (Å²) in [5, 5.41) is 8.63. The number of benzene rings is 1. The number of nitriles is 1. The van der Waals surface area contributed by atoms with Crippen LogP contribution in [0.3, 0.4) is 0 Å². The SMILES string of the molecule is CCN(CC#N)C(=O)/C=C/c1cnc2ccccc2n1. The highest BCUT2D eigenvalue weighted by atomic mass is 16.2. The van der Waals surface area contributed by atoms with E-state index >= 15 is 0 Å².